The first kappa shape index (κ1) is 3.67. The Morgan fingerprint density at radius 1 is 1.44 bits per heavy atom. The number of aromatic amines is 1. The number of benzene rings is 1. The average Bonchev–Trinajstić information content (AvgIpc) is 2.27. The van der Waals surface area contributed by atoms with Crippen molar-refractivity contribution in [3.8, 4) is 0 Å². The van der Waals surface area contributed by atoms with E-state index in [9.17, 15) is 0 Å². The third-order valence-electron chi connectivity index (χ3n) is 1.27. The van der Waals surface area contributed by atoms with Gasteiger partial charge in [0.2, 0.25) is 0 Å². The number of rotatable bonds is 0. The molecule has 0 spiro atoms. The van der Waals surface area contributed by atoms with Gasteiger partial charge in [-0.3, -0.25) is 0 Å². The molecule has 0 aliphatic carbocycles. The fraction of sp³-hybridized carbons (Fsp3) is 0. The summed E-state index contributed by atoms with van der Waals surface area (Å²) in [5, 5.41) is 0. The number of para-hydroxylation sites is 2. The molecule has 0 amide bonds. The van der Waals surface area contributed by atoms with Crippen LogP contribution in [-0.2, 0) is 0 Å². The second-order valence-electron chi connectivity index (χ2n) is 1.87. The normalized spacial score (nSPS) is 11.8. The molecule has 2 heteroatoms. The fourth-order valence-corrected chi connectivity index (χ4v) is 0.825. The highest BCUT2D eigenvalue weighted by molar-refractivity contribution is 5.73. The fourth-order valence-electron chi connectivity index (χ4n) is 0.825. The second-order valence-corrected chi connectivity index (χ2v) is 1.87. The van der Waals surface area contributed by atoms with E-state index in [4.69, 9.17) is 1.37 Å². The van der Waals surface area contributed by atoms with Crippen LogP contribution in [0.25, 0.3) is 11.0 Å². The molecule has 0 fully saturated rings. The average molecular weight is 120 g/mol. The molecule has 1 heterocycles. The van der Waals surface area contributed by atoms with E-state index in [-0.39, 0.29) is 6.30 Å². The molecule has 0 saturated carbocycles. The summed E-state index contributed by atoms with van der Waals surface area (Å²) in [6, 6.07) is 7.60. The molecule has 2 nitrogen and oxygen atoms in total. The van der Waals surface area contributed by atoms with Crippen LogP contribution in [0.2, 0.25) is 0 Å². The summed E-state index contributed by atoms with van der Waals surface area (Å²) in [5.74, 6) is 0. The van der Waals surface area contributed by atoms with Gasteiger partial charge in [-0.15, -0.1) is 0 Å². The maximum absolute atomic E-state index is 7.16. The van der Waals surface area contributed by atoms with Crippen molar-refractivity contribution in [2.45, 2.75) is 0 Å². The smallest absolute Gasteiger partial charge is 0.104 e. The number of imidazole rings is 1. The molecule has 2 aromatic rings. The van der Waals surface area contributed by atoms with Crippen LogP contribution in [0.5, 0.6) is 0 Å². The molecule has 0 saturated heterocycles. The molecule has 0 radical (unpaired) electrons. The summed E-state index contributed by atoms with van der Waals surface area (Å²) in [6.07, 6.45) is 0.223. The number of nitrogens with zero attached hydrogens (tertiary/aromatic N) is 1. The Morgan fingerprint density at radius 3 is 3.22 bits per heavy atom. The number of nitrogens with one attached hydrogen (secondary N) is 1. The van der Waals surface area contributed by atoms with Gasteiger partial charge in [-0.2, -0.15) is 0 Å². The number of hydrogen-bond donors (Lipinski definition) is 1. The molecule has 1 N–H and O–H groups in total. The van der Waals surface area contributed by atoms with Crippen LogP contribution in [0, 0.1) is 0 Å². The molecule has 0 bridgehead atoms. The van der Waals surface area contributed by atoms with Crippen LogP contribution in [0.3, 0.4) is 0 Å². The van der Waals surface area contributed by atoms with Crippen molar-refractivity contribution in [2.75, 3.05) is 0 Å². The predicted molar refractivity (Wildman–Crippen MR) is 36.1 cm³/mol. The van der Waals surface area contributed by atoms with Crippen LogP contribution >= 0.6 is 0 Å². The number of hydrogen-bond acceptors (Lipinski definition) is 1. The first-order valence-electron chi connectivity index (χ1n) is 3.27. The summed E-state index contributed by atoms with van der Waals surface area (Å²) in [7, 11) is 0. The summed E-state index contributed by atoms with van der Waals surface area (Å²) in [5.41, 5.74) is 1.78. The van der Waals surface area contributed by atoms with Gasteiger partial charge in [0.25, 0.3) is 0 Å². The van der Waals surface area contributed by atoms with E-state index in [1.165, 1.54) is 0 Å². The monoisotopic (exact) mass is 120 g/mol. The standard InChI is InChI=1S/C7H6N2/c1-2-4-7-6(3-1)8-5-9-7/h1-5H,(H,8,9)/i5T. The Bertz CT molecular complexity index is 320. The van der Waals surface area contributed by atoms with E-state index in [2.05, 4.69) is 9.97 Å². The van der Waals surface area contributed by atoms with Gasteiger partial charge >= 0.3 is 0 Å². The van der Waals surface area contributed by atoms with Gasteiger partial charge in [0.1, 0.15) is 1.37 Å². The summed E-state index contributed by atoms with van der Waals surface area (Å²) in [6.45, 7) is 0. The van der Waals surface area contributed by atoms with E-state index in [1.807, 2.05) is 24.3 Å². The van der Waals surface area contributed by atoms with E-state index in [0.717, 1.165) is 11.0 Å². The number of fused-ring (bicyclic) bond motifs is 1. The topological polar surface area (TPSA) is 28.7 Å². The van der Waals surface area contributed by atoms with Crippen molar-refractivity contribution < 1.29 is 1.37 Å². The van der Waals surface area contributed by atoms with Gasteiger partial charge in [-0.25, -0.2) is 4.98 Å². The second kappa shape index (κ2) is 1.58. The zero-order valence-corrected chi connectivity index (χ0v) is 4.76. The molecule has 2 rings (SSSR count). The molecule has 0 aliphatic heterocycles. The highest BCUT2D eigenvalue weighted by Crippen LogP contribution is 2.05. The Labute approximate surface area is 53.9 Å². The number of aromatic nitrogens is 2. The molecular formula is C7H6N2. The summed E-state index contributed by atoms with van der Waals surface area (Å²) in [4.78, 5) is 6.74. The lowest BCUT2D eigenvalue weighted by Gasteiger charge is -1.81. The molecule has 1 aromatic heterocycles. The van der Waals surface area contributed by atoms with Crippen LogP contribution < -0.4 is 0 Å². The van der Waals surface area contributed by atoms with Crippen LogP contribution in [0.15, 0.2) is 30.6 Å². The van der Waals surface area contributed by atoms with E-state index < -0.39 is 0 Å². The first-order chi connectivity index (χ1) is 4.86. The Balaban J connectivity index is 2.88. The Kier molecular flexibility index (Phi) is 0.646. The summed E-state index contributed by atoms with van der Waals surface area (Å²) >= 11 is 0. The van der Waals surface area contributed by atoms with Gasteiger partial charge in [0.15, 0.2) is 0 Å². The quantitative estimate of drug-likeness (QED) is 0.561. The summed E-state index contributed by atoms with van der Waals surface area (Å²) < 4.78 is 7.16. The van der Waals surface area contributed by atoms with Gasteiger partial charge in [-0.05, 0) is 12.1 Å². The van der Waals surface area contributed by atoms with Crippen LogP contribution in [-0.4, -0.2) is 9.97 Å². The lowest BCUT2D eigenvalue weighted by atomic mass is 10.3. The lowest BCUT2D eigenvalue weighted by molar-refractivity contribution is 1.34. The van der Waals surface area contributed by atoms with Crippen molar-refractivity contribution in [1.29, 1.82) is 0 Å². The lowest BCUT2D eigenvalue weighted by Crippen LogP contribution is -1.63. The third-order valence-corrected chi connectivity index (χ3v) is 1.27. The molecule has 0 atom stereocenters. The maximum Gasteiger partial charge on any atom is 0.104 e. The van der Waals surface area contributed by atoms with Gasteiger partial charge in [0, 0.05) is 0 Å². The van der Waals surface area contributed by atoms with Gasteiger partial charge < -0.3 is 4.98 Å². The molecule has 0 unspecified atom stereocenters. The van der Waals surface area contributed by atoms with Crippen molar-refractivity contribution in [3.05, 3.63) is 30.6 Å². The molecule has 9 heavy (non-hydrogen) atoms. The minimum absolute atomic E-state index is 0.223. The minimum atomic E-state index is 0.223. The van der Waals surface area contributed by atoms with Crippen molar-refractivity contribution in [3.63, 3.8) is 0 Å². The first-order valence-corrected chi connectivity index (χ1v) is 2.77. The van der Waals surface area contributed by atoms with Gasteiger partial charge in [-0.1, -0.05) is 12.1 Å². The third kappa shape index (κ3) is 0.598. The maximum atomic E-state index is 7.16. The van der Waals surface area contributed by atoms with Gasteiger partial charge in [0.05, 0.1) is 17.3 Å². The molecule has 0 aliphatic rings. The molecular weight excluding hydrogens is 112 g/mol. The predicted octanol–water partition coefficient (Wildman–Crippen LogP) is 1.56. The van der Waals surface area contributed by atoms with E-state index in [0.29, 0.717) is 0 Å². The van der Waals surface area contributed by atoms with Crippen LogP contribution in [0.4, 0.5) is 0 Å². The Morgan fingerprint density at radius 2 is 2.33 bits per heavy atom. The molecule has 44 valence electrons. The minimum Gasteiger partial charge on any atom is -0.345 e. The molecule has 1 aromatic carbocycles. The zero-order valence-electron chi connectivity index (χ0n) is 5.76. The Hall–Kier alpha value is -1.31. The van der Waals surface area contributed by atoms with Crippen molar-refractivity contribution in [2.24, 2.45) is 0 Å². The van der Waals surface area contributed by atoms with E-state index >= 15 is 0 Å². The zero-order chi connectivity index (χ0) is 6.97. The SMILES string of the molecule is [3H]c1nc2ccccc2[nH]1. The van der Waals surface area contributed by atoms with E-state index in [1.54, 1.807) is 0 Å². The van der Waals surface area contributed by atoms with Crippen molar-refractivity contribution >= 4 is 11.0 Å². The number of H-pyrrole nitrogens is 1. The largest absolute Gasteiger partial charge is 0.345 e. The van der Waals surface area contributed by atoms with Crippen molar-refractivity contribution in [1.82, 2.24) is 9.97 Å². The highest BCUT2D eigenvalue weighted by atomic mass is 14.9. The highest BCUT2D eigenvalue weighted by Gasteiger charge is 1.88. The van der Waals surface area contributed by atoms with Crippen LogP contribution in [0.1, 0.15) is 1.37 Å².